The molecule has 0 aliphatic rings. The van der Waals surface area contributed by atoms with E-state index >= 15 is 0 Å². The zero-order valence-corrected chi connectivity index (χ0v) is 13.4. The molecule has 0 amide bonds. The van der Waals surface area contributed by atoms with Gasteiger partial charge in [-0.3, -0.25) is 4.57 Å². The van der Waals surface area contributed by atoms with Crippen LogP contribution in [0.1, 0.15) is 0 Å². The molecule has 0 aliphatic heterocycles. The minimum atomic E-state index is 0.794. The van der Waals surface area contributed by atoms with Gasteiger partial charge < -0.3 is 0 Å². The number of thioether (sulfide) groups is 1. The van der Waals surface area contributed by atoms with Gasteiger partial charge in [-0.1, -0.05) is 36.4 Å². The van der Waals surface area contributed by atoms with Crippen molar-refractivity contribution in [2.45, 2.75) is 4.90 Å². The van der Waals surface area contributed by atoms with E-state index in [4.69, 9.17) is 0 Å². The Morgan fingerprint density at radius 2 is 1.70 bits per heavy atom. The van der Waals surface area contributed by atoms with Crippen LogP contribution in [0.2, 0.25) is 0 Å². The first-order valence-corrected chi connectivity index (χ1v) is 8.47. The summed E-state index contributed by atoms with van der Waals surface area (Å²) in [6.45, 7) is 0. The van der Waals surface area contributed by atoms with E-state index in [1.807, 2.05) is 22.9 Å². The molecule has 0 aliphatic carbocycles. The Bertz CT molecular complexity index is 947. The van der Waals surface area contributed by atoms with Crippen LogP contribution >= 0.6 is 11.8 Å². The molecule has 4 aromatic rings. The summed E-state index contributed by atoms with van der Waals surface area (Å²) in [4.78, 5) is 5.34. The highest BCUT2D eigenvalue weighted by molar-refractivity contribution is 7.98. The average molecular weight is 318 g/mol. The van der Waals surface area contributed by atoms with Gasteiger partial charge in [-0.2, -0.15) is 0 Å². The van der Waals surface area contributed by atoms with E-state index in [-0.39, 0.29) is 0 Å². The number of aromatic nitrogens is 4. The zero-order valence-electron chi connectivity index (χ0n) is 12.5. The summed E-state index contributed by atoms with van der Waals surface area (Å²) >= 11 is 1.73. The Kier molecular flexibility index (Phi) is 3.55. The smallest absolute Gasteiger partial charge is 0.168 e. The van der Waals surface area contributed by atoms with Crippen molar-refractivity contribution in [3.63, 3.8) is 0 Å². The van der Waals surface area contributed by atoms with Crippen molar-refractivity contribution in [3.05, 3.63) is 67.3 Å². The Hall–Kier alpha value is -2.66. The van der Waals surface area contributed by atoms with Gasteiger partial charge in [-0.25, -0.2) is 4.98 Å². The van der Waals surface area contributed by atoms with Crippen LogP contribution in [0.15, 0.2) is 72.1 Å². The zero-order chi connectivity index (χ0) is 15.6. The van der Waals surface area contributed by atoms with Gasteiger partial charge in [0.25, 0.3) is 0 Å². The molecule has 0 saturated heterocycles. The van der Waals surface area contributed by atoms with Crippen molar-refractivity contribution in [2.75, 3.05) is 6.26 Å². The molecule has 0 saturated carbocycles. The van der Waals surface area contributed by atoms with E-state index in [1.165, 1.54) is 4.90 Å². The van der Waals surface area contributed by atoms with Gasteiger partial charge in [-0.05, 0) is 18.4 Å². The molecular weight excluding hydrogens is 304 g/mol. The molecule has 112 valence electrons. The number of imidazole rings is 1. The fourth-order valence-corrected chi connectivity index (χ4v) is 3.04. The number of hydrogen-bond acceptors (Lipinski definition) is 4. The summed E-state index contributed by atoms with van der Waals surface area (Å²) in [5.74, 6) is 0.794. The van der Waals surface area contributed by atoms with Crippen LogP contribution in [-0.4, -0.2) is 26.0 Å². The highest BCUT2D eigenvalue weighted by Crippen LogP contribution is 2.29. The molecule has 0 N–H and O–H groups in total. The van der Waals surface area contributed by atoms with Crippen LogP contribution in [0.4, 0.5) is 0 Å². The maximum absolute atomic E-state index is 4.48. The molecule has 23 heavy (non-hydrogen) atoms. The number of benzene rings is 2. The van der Waals surface area contributed by atoms with Gasteiger partial charge in [0.05, 0.1) is 0 Å². The lowest BCUT2D eigenvalue weighted by molar-refractivity contribution is 0.932. The fraction of sp³-hybridized carbons (Fsp3) is 0.0556. The minimum absolute atomic E-state index is 0.794. The molecule has 4 nitrogen and oxygen atoms in total. The summed E-state index contributed by atoms with van der Waals surface area (Å²) in [5.41, 5.74) is 1.97. The second-order valence-corrected chi connectivity index (χ2v) is 6.00. The van der Waals surface area contributed by atoms with Crippen molar-refractivity contribution < 1.29 is 0 Å². The number of fused-ring (bicyclic) bond motifs is 1. The van der Waals surface area contributed by atoms with E-state index in [1.54, 1.807) is 24.3 Å². The fourth-order valence-electron chi connectivity index (χ4n) is 2.63. The molecule has 5 heteroatoms. The lowest BCUT2D eigenvalue weighted by Gasteiger charge is -2.10. The van der Waals surface area contributed by atoms with Crippen molar-refractivity contribution in [3.8, 4) is 17.1 Å². The molecule has 0 fully saturated rings. The van der Waals surface area contributed by atoms with Crippen LogP contribution in [0.25, 0.3) is 27.8 Å². The first-order valence-electron chi connectivity index (χ1n) is 7.25. The first-order chi connectivity index (χ1) is 11.4. The minimum Gasteiger partial charge on any atom is -0.289 e. The predicted molar refractivity (Wildman–Crippen MR) is 93.9 cm³/mol. The molecule has 2 heterocycles. The largest absolute Gasteiger partial charge is 0.289 e. The lowest BCUT2D eigenvalue weighted by Crippen LogP contribution is -2.00. The third-order valence-electron chi connectivity index (χ3n) is 3.78. The van der Waals surface area contributed by atoms with Gasteiger partial charge in [0.1, 0.15) is 12.0 Å². The average Bonchev–Trinajstić information content (AvgIpc) is 3.15. The van der Waals surface area contributed by atoms with Crippen molar-refractivity contribution >= 4 is 22.5 Å². The third kappa shape index (κ3) is 2.49. The second-order valence-electron chi connectivity index (χ2n) is 5.12. The number of nitrogens with zero attached hydrogens (tertiary/aromatic N) is 4. The molecule has 0 atom stereocenters. The summed E-state index contributed by atoms with van der Waals surface area (Å²) < 4.78 is 1.88. The highest BCUT2D eigenvalue weighted by Gasteiger charge is 2.11. The topological polar surface area (TPSA) is 43.6 Å². The molecule has 0 radical (unpaired) electrons. The molecule has 2 aromatic heterocycles. The quantitative estimate of drug-likeness (QED) is 0.531. The van der Waals surface area contributed by atoms with Crippen LogP contribution in [0.3, 0.4) is 0 Å². The maximum Gasteiger partial charge on any atom is 0.168 e. The van der Waals surface area contributed by atoms with Crippen molar-refractivity contribution in [2.24, 2.45) is 0 Å². The number of rotatable bonds is 3. The van der Waals surface area contributed by atoms with E-state index < -0.39 is 0 Å². The molecule has 0 spiro atoms. The molecule has 0 unspecified atom stereocenters. The van der Waals surface area contributed by atoms with Crippen LogP contribution in [0.5, 0.6) is 0 Å². The van der Waals surface area contributed by atoms with E-state index in [0.717, 1.165) is 27.8 Å². The van der Waals surface area contributed by atoms with Crippen LogP contribution in [0, 0.1) is 0 Å². The standard InChI is InChI=1S/C18H14N4S/c1-23-14-8-6-13(7-9-14)17-15-4-2-3-5-16(15)18(21-20-17)22-11-10-19-12-22/h2-12H,1H3. The van der Waals surface area contributed by atoms with Gasteiger partial charge in [-0.15, -0.1) is 22.0 Å². The summed E-state index contributed by atoms with van der Waals surface area (Å²) in [6, 6.07) is 16.6. The predicted octanol–water partition coefficient (Wildman–Crippen LogP) is 4.20. The van der Waals surface area contributed by atoms with E-state index in [0.29, 0.717) is 0 Å². The van der Waals surface area contributed by atoms with Gasteiger partial charge in [0.2, 0.25) is 0 Å². The van der Waals surface area contributed by atoms with Crippen molar-refractivity contribution in [1.29, 1.82) is 0 Å². The second kappa shape index (κ2) is 5.85. The monoisotopic (exact) mass is 318 g/mol. The lowest BCUT2D eigenvalue weighted by atomic mass is 10.0. The Morgan fingerprint density at radius 1 is 0.913 bits per heavy atom. The molecule has 2 aromatic carbocycles. The molecular formula is C18H14N4S. The van der Waals surface area contributed by atoms with Gasteiger partial charge in [0, 0.05) is 33.6 Å². The summed E-state index contributed by atoms with van der Waals surface area (Å²) in [7, 11) is 0. The van der Waals surface area contributed by atoms with Gasteiger partial charge in [0.15, 0.2) is 5.82 Å². The maximum atomic E-state index is 4.48. The summed E-state index contributed by atoms with van der Waals surface area (Å²) in [6.07, 6.45) is 7.43. The molecule has 0 bridgehead atoms. The SMILES string of the molecule is CSc1ccc(-c2nnc(-n3ccnc3)c3ccccc23)cc1. The normalized spacial score (nSPS) is 11.0. The first kappa shape index (κ1) is 14.0. The summed E-state index contributed by atoms with van der Waals surface area (Å²) in [5, 5.41) is 11.1. The van der Waals surface area contributed by atoms with Crippen LogP contribution in [-0.2, 0) is 0 Å². The Balaban J connectivity index is 1.93. The Labute approximate surface area is 138 Å². The third-order valence-corrected chi connectivity index (χ3v) is 4.52. The van der Waals surface area contributed by atoms with E-state index in [9.17, 15) is 0 Å². The van der Waals surface area contributed by atoms with E-state index in [2.05, 4.69) is 57.8 Å². The molecule has 4 rings (SSSR count). The van der Waals surface area contributed by atoms with Crippen molar-refractivity contribution in [1.82, 2.24) is 19.7 Å². The highest BCUT2D eigenvalue weighted by atomic mass is 32.2. The Morgan fingerprint density at radius 3 is 2.39 bits per heavy atom. The van der Waals surface area contributed by atoms with Gasteiger partial charge >= 0.3 is 0 Å². The number of hydrogen-bond donors (Lipinski definition) is 0. The van der Waals surface area contributed by atoms with Crippen LogP contribution < -0.4 is 0 Å².